The normalized spacial score (nSPS) is 15.7. The van der Waals surface area contributed by atoms with Crippen LogP contribution in [-0.4, -0.2) is 77.0 Å². The molecule has 10 heteroatoms. The van der Waals surface area contributed by atoms with E-state index in [0.717, 1.165) is 48.1 Å². The second kappa shape index (κ2) is 15.9. The summed E-state index contributed by atoms with van der Waals surface area (Å²) in [5.74, 6) is -3.60. The molecule has 1 aliphatic carbocycles. The smallest absolute Gasteiger partial charge is 0.246 e. The van der Waals surface area contributed by atoms with Gasteiger partial charge in [-0.3, -0.25) is 14.4 Å². The topological polar surface area (TPSA) is 116 Å². The van der Waals surface area contributed by atoms with Crippen LogP contribution < -0.4 is 11.1 Å². The number of nitrogens with one attached hydrogen (secondary N) is 1. The number of hydrogen-bond donors (Lipinski definition) is 3. The molecule has 4 N–H and O–H groups in total. The summed E-state index contributed by atoms with van der Waals surface area (Å²) in [4.78, 5) is 43.7. The van der Waals surface area contributed by atoms with Gasteiger partial charge in [0.05, 0.1) is 6.10 Å². The van der Waals surface area contributed by atoms with Gasteiger partial charge in [-0.15, -0.1) is 0 Å². The van der Waals surface area contributed by atoms with Crippen LogP contribution in [-0.2, 0) is 27.2 Å². The second-order valence-corrected chi connectivity index (χ2v) is 12.6. The molecular formula is C37H44F2N4O4. The minimum Gasteiger partial charge on any atom is -0.392 e. The van der Waals surface area contributed by atoms with Crippen LogP contribution in [0.1, 0.15) is 43.7 Å². The molecule has 0 radical (unpaired) electrons. The lowest BCUT2D eigenvalue weighted by Crippen LogP contribution is -2.56. The average Bonchev–Trinajstić information content (AvgIpc) is 3.05. The van der Waals surface area contributed by atoms with Crippen molar-refractivity contribution in [2.24, 2.45) is 5.73 Å². The summed E-state index contributed by atoms with van der Waals surface area (Å²) in [6.07, 6.45) is 5.74. The maximum absolute atomic E-state index is 14.3. The third-order valence-electron chi connectivity index (χ3n) is 8.83. The Bertz CT molecular complexity index is 1560. The number of halogens is 2. The summed E-state index contributed by atoms with van der Waals surface area (Å²) in [5.41, 5.74) is 9.14. The van der Waals surface area contributed by atoms with E-state index in [4.69, 9.17) is 5.73 Å². The Morgan fingerprint density at radius 2 is 1.51 bits per heavy atom. The zero-order valence-electron chi connectivity index (χ0n) is 27.2. The van der Waals surface area contributed by atoms with Crippen molar-refractivity contribution in [1.29, 1.82) is 0 Å². The van der Waals surface area contributed by atoms with Crippen molar-refractivity contribution in [1.82, 2.24) is 15.1 Å². The van der Waals surface area contributed by atoms with Crippen molar-refractivity contribution in [2.45, 2.75) is 69.2 Å². The Kier molecular flexibility index (Phi) is 12.0. The van der Waals surface area contributed by atoms with Crippen LogP contribution in [0.5, 0.6) is 0 Å². The number of aliphatic hydroxyl groups is 1. The lowest BCUT2D eigenvalue weighted by molar-refractivity contribution is -0.146. The Labute approximate surface area is 275 Å². The van der Waals surface area contributed by atoms with Gasteiger partial charge in [0.2, 0.25) is 17.7 Å². The summed E-state index contributed by atoms with van der Waals surface area (Å²) in [7, 11) is 2.99. The Morgan fingerprint density at radius 3 is 2.11 bits per heavy atom. The molecule has 3 atom stereocenters. The monoisotopic (exact) mass is 646 g/mol. The summed E-state index contributed by atoms with van der Waals surface area (Å²) >= 11 is 0. The van der Waals surface area contributed by atoms with E-state index in [1.807, 2.05) is 54.6 Å². The van der Waals surface area contributed by atoms with E-state index in [1.54, 1.807) is 13.1 Å². The van der Waals surface area contributed by atoms with Gasteiger partial charge in [-0.2, -0.15) is 0 Å². The molecule has 0 spiro atoms. The molecule has 3 aromatic rings. The summed E-state index contributed by atoms with van der Waals surface area (Å²) in [6, 6.07) is 18.7. The molecule has 0 aliphatic heterocycles. The van der Waals surface area contributed by atoms with Crippen LogP contribution in [0.25, 0.3) is 11.1 Å². The Morgan fingerprint density at radius 1 is 0.894 bits per heavy atom. The van der Waals surface area contributed by atoms with Gasteiger partial charge in [0, 0.05) is 39.0 Å². The van der Waals surface area contributed by atoms with Crippen LogP contribution >= 0.6 is 0 Å². The first kappa shape index (κ1) is 35.4. The number of carbonyl (C=O) groups excluding carboxylic acids is 3. The third kappa shape index (κ3) is 9.56. The fourth-order valence-corrected chi connectivity index (χ4v) is 5.63. The molecule has 1 saturated carbocycles. The van der Waals surface area contributed by atoms with Crippen LogP contribution in [0.3, 0.4) is 0 Å². The molecule has 4 rings (SSSR count). The van der Waals surface area contributed by atoms with Crippen LogP contribution in [0, 0.1) is 11.6 Å². The summed E-state index contributed by atoms with van der Waals surface area (Å²) in [6.45, 7) is 1.43. The molecular weight excluding hydrogens is 602 g/mol. The number of nitrogens with two attached hydrogens (primary N) is 1. The number of nitrogens with zero attached hydrogens (tertiary/aromatic N) is 2. The zero-order valence-corrected chi connectivity index (χ0v) is 27.2. The quantitative estimate of drug-likeness (QED) is 0.225. The van der Waals surface area contributed by atoms with E-state index in [-0.39, 0.29) is 24.9 Å². The molecule has 0 saturated heterocycles. The standard InChI is InChI=1S/C37H44F2N4O4/c1-25(44)24-41-35(46)32(23-27-14-17-30(38)31(39)21-27)43(3)36(47)33(42(2)34(45)11-7-18-37(40)19-8-20-37)22-26-12-15-29(16-13-26)28-9-5-4-6-10-28/h4-7,9-17,21,25,32-33,44H,8,18-20,22-24,40H2,1-3H3,(H,41,46)/t25-,32-,33-/m1/s1. The van der Waals surface area contributed by atoms with E-state index in [9.17, 15) is 28.3 Å². The third-order valence-corrected chi connectivity index (χ3v) is 8.83. The van der Waals surface area contributed by atoms with Gasteiger partial charge in [0.15, 0.2) is 11.6 Å². The van der Waals surface area contributed by atoms with E-state index in [0.29, 0.717) is 12.0 Å². The van der Waals surface area contributed by atoms with Gasteiger partial charge in [0.1, 0.15) is 12.1 Å². The summed E-state index contributed by atoms with van der Waals surface area (Å²) in [5, 5.41) is 12.4. The van der Waals surface area contributed by atoms with Gasteiger partial charge in [-0.05, 0) is 73.1 Å². The average molecular weight is 647 g/mol. The van der Waals surface area contributed by atoms with Gasteiger partial charge in [0.25, 0.3) is 0 Å². The van der Waals surface area contributed by atoms with Gasteiger partial charge in [-0.25, -0.2) is 8.78 Å². The van der Waals surface area contributed by atoms with E-state index in [1.165, 1.54) is 35.9 Å². The maximum atomic E-state index is 14.3. The number of hydrogen-bond acceptors (Lipinski definition) is 5. The van der Waals surface area contributed by atoms with Crippen LogP contribution in [0.4, 0.5) is 8.78 Å². The number of likely N-dealkylation sites (N-methyl/N-ethyl adjacent to an activating group) is 2. The number of benzene rings is 3. The molecule has 1 fully saturated rings. The summed E-state index contributed by atoms with van der Waals surface area (Å²) < 4.78 is 27.8. The molecule has 250 valence electrons. The van der Waals surface area contributed by atoms with E-state index in [2.05, 4.69) is 5.32 Å². The van der Waals surface area contributed by atoms with Gasteiger partial charge in [-0.1, -0.05) is 66.7 Å². The van der Waals surface area contributed by atoms with Crippen molar-refractivity contribution in [3.05, 3.63) is 108 Å². The Hall–Kier alpha value is -4.41. The molecule has 1 aliphatic rings. The number of amides is 3. The molecule has 0 heterocycles. The van der Waals surface area contributed by atoms with Crippen molar-refractivity contribution < 1.29 is 28.3 Å². The lowest BCUT2D eigenvalue weighted by Gasteiger charge is -2.37. The predicted octanol–water partition coefficient (Wildman–Crippen LogP) is 4.40. The molecule has 0 unspecified atom stereocenters. The maximum Gasteiger partial charge on any atom is 0.246 e. The SMILES string of the molecule is C[C@@H](O)CNC(=O)[C@@H](Cc1ccc(F)c(F)c1)N(C)C(=O)[C@@H](Cc1ccc(-c2ccccc2)cc1)N(C)C(=O)C=CCC1(N)CCC1. The number of rotatable bonds is 14. The first-order valence-corrected chi connectivity index (χ1v) is 15.9. The van der Waals surface area contributed by atoms with Crippen molar-refractivity contribution >= 4 is 17.7 Å². The van der Waals surface area contributed by atoms with Crippen molar-refractivity contribution in [3.63, 3.8) is 0 Å². The fraction of sp³-hybridized carbons (Fsp3) is 0.378. The van der Waals surface area contributed by atoms with E-state index < -0.39 is 47.5 Å². The molecule has 0 aromatic heterocycles. The number of aliphatic hydroxyl groups excluding tert-OH is 1. The molecule has 3 amide bonds. The van der Waals surface area contributed by atoms with E-state index >= 15 is 0 Å². The first-order chi connectivity index (χ1) is 22.4. The molecule has 47 heavy (non-hydrogen) atoms. The fourth-order valence-electron chi connectivity index (χ4n) is 5.63. The zero-order chi connectivity index (χ0) is 34.1. The highest BCUT2D eigenvalue weighted by Gasteiger charge is 2.35. The van der Waals surface area contributed by atoms with Gasteiger partial charge >= 0.3 is 0 Å². The molecule has 8 nitrogen and oxygen atoms in total. The van der Waals surface area contributed by atoms with Crippen molar-refractivity contribution in [3.8, 4) is 11.1 Å². The van der Waals surface area contributed by atoms with Gasteiger partial charge < -0.3 is 26.0 Å². The van der Waals surface area contributed by atoms with Crippen LogP contribution in [0.2, 0.25) is 0 Å². The highest BCUT2D eigenvalue weighted by molar-refractivity contribution is 5.95. The first-order valence-electron chi connectivity index (χ1n) is 15.9. The highest BCUT2D eigenvalue weighted by atomic mass is 19.2. The highest BCUT2D eigenvalue weighted by Crippen LogP contribution is 2.32. The molecule has 0 bridgehead atoms. The van der Waals surface area contributed by atoms with Crippen molar-refractivity contribution in [2.75, 3.05) is 20.6 Å². The van der Waals surface area contributed by atoms with Crippen LogP contribution in [0.15, 0.2) is 84.9 Å². The minimum absolute atomic E-state index is 0.0713. The minimum atomic E-state index is -1.15. The second-order valence-electron chi connectivity index (χ2n) is 12.6. The predicted molar refractivity (Wildman–Crippen MR) is 178 cm³/mol. The lowest BCUT2D eigenvalue weighted by atomic mass is 9.75. The number of carbonyl (C=O) groups is 3. The largest absolute Gasteiger partial charge is 0.392 e. The Balaban J connectivity index is 1.62. The molecule has 3 aromatic carbocycles.